The maximum Gasteiger partial charge on any atom is 0.276 e. The molecule has 1 unspecified atom stereocenters. The van der Waals surface area contributed by atoms with Crippen LogP contribution in [0.3, 0.4) is 0 Å². The highest BCUT2D eigenvalue weighted by Gasteiger charge is 2.32. The van der Waals surface area contributed by atoms with Crippen LogP contribution in [0.25, 0.3) is 0 Å². The molecular formula is C23H27N3O4. The Morgan fingerprint density at radius 2 is 1.77 bits per heavy atom. The summed E-state index contributed by atoms with van der Waals surface area (Å²) in [5, 5.41) is 0. The zero-order chi connectivity index (χ0) is 21.3. The van der Waals surface area contributed by atoms with Gasteiger partial charge in [0.2, 0.25) is 5.91 Å². The number of amides is 3. The molecule has 0 saturated carbocycles. The Morgan fingerprint density at radius 3 is 2.50 bits per heavy atom. The second-order valence-corrected chi connectivity index (χ2v) is 7.14. The van der Waals surface area contributed by atoms with E-state index in [1.54, 1.807) is 23.1 Å². The lowest BCUT2D eigenvalue weighted by Crippen LogP contribution is -2.51. The molecule has 1 atom stereocenters. The predicted molar refractivity (Wildman–Crippen MR) is 112 cm³/mol. The first kappa shape index (κ1) is 21.4. The third-order valence-corrected chi connectivity index (χ3v) is 5.07. The number of benzene rings is 2. The van der Waals surface area contributed by atoms with Crippen LogP contribution in [0.2, 0.25) is 0 Å². The van der Waals surface area contributed by atoms with Crippen molar-refractivity contribution in [3.05, 3.63) is 65.7 Å². The van der Waals surface area contributed by atoms with Gasteiger partial charge >= 0.3 is 0 Å². The van der Waals surface area contributed by atoms with Gasteiger partial charge in [-0.05, 0) is 36.5 Å². The van der Waals surface area contributed by atoms with Gasteiger partial charge in [0.1, 0.15) is 11.8 Å². The van der Waals surface area contributed by atoms with Gasteiger partial charge in [0, 0.05) is 13.0 Å². The normalized spacial score (nSPS) is 14.7. The number of rotatable bonds is 7. The molecule has 158 valence electrons. The Kier molecular flexibility index (Phi) is 7.43. The average Bonchev–Trinajstić information content (AvgIpc) is 2.78. The largest absolute Gasteiger partial charge is 0.483 e. The summed E-state index contributed by atoms with van der Waals surface area (Å²) in [5.74, 6) is -0.358. The average molecular weight is 409 g/mol. The van der Waals surface area contributed by atoms with E-state index >= 15 is 0 Å². The van der Waals surface area contributed by atoms with E-state index < -0.39 is 17.9 Å². The van der Waals surface area contributed by atoms with Crippen molar-refractivity contribution >= 4 is 17.7 Å². The molecule has 30 heavy (non-hydrogen) atoms. The van der Waals surface area contributed by atoms with Gasteiger partial charge in [-0.1, -0.05) is 55.5 Å². The molecule has 3 amide bonds. The Hall–Kier alpha value is -3.35. The molecule has 1 saturated heterocycles. The number of piperidine rings is 1. The minimum atomic E-state index is -0.791. The monoisotopic (exact) mass is 409 g/mol. The SMILES string of the molecule is CCc1ccccc1OCC(=O)NNC(=O)C(c1ccccc1)N1CCCCC1=O. The fraction of sp³-hybridized carbons (Fsp3) is 0.348. The van der Waals surface area contributed by atoms with E-state index in [-0.39, 0.29) is 12.5 Å². The van der Waals surface area contributed by atoms with Crippen LogP contribution in [-0.4, -0.2) is 35.8 Å². The van der Waals surface area contributed by atoms with Crippen molar-refractivity contribution in [3.63, 3.8) is 0 Å². The number of hydrogen-bond acceptors (Lipinski definition) is 4. The first-order chi connectivity index (χ1) is 14.6. The van der Waals surface area contributed by atoms with Crippen molar-refractivity contribution < 1.29 is 19.1 Å². The van der Waals surface area contributed by atoms with Gasteiger partial charge in [0.05, 0.1) is 0 Å². The summed E-state index contributed by atoms with van der Waals surface area (Å²) in [6.07, 6.45) is 2.88. The third kappa shape index (κ3) is 5.37. The van der Waals surface area contributed by atoms with E-state index in [0.29, 0.717) is 24.3 Å². The lowest BCUT2D eigenvalue weighted by molar-refractivity contribution is -0.143. The Morgan fingerprint density at radius 1 is 1.03 bits per heavy atom. The number of likely N-dealkylation sites (tertiary alicyclic amines) is 1. The summed E-state index contributed by atoms with van der Waals surface area (Å²) >= 11 is 0. The molecule has 1 aliphatic rings. The van der Waals surface area contributed by atoms with Crippen molar-refractivity contribution in [2.24, 2.45) is 0 Å². The maximum atomic E-state index is 12.9. The molecule has 7 heteroatoms. The number of hydrogen-bond donors (Lipinski definition) is 2. The number of carbonyl (C=O) groups is 3. The molecule has 3 rings (SSSR count). The fourth-order valence-electron chi connectivity index (χ4n) is 3.52. The van der Waals surface area contributed by atoms with Gasteiger partial charge < -0.3 is 9.64 Å². The second kappa shape index (κ2) is 10.4. The molecule has 1 aliphatic heterocycles. The molecule has 0 radical (unpaired) electrons. The number of para-hydroxylation sites is 1. The minimum absolute atomic E-state index is 0.0592. The zero-order valence-electron chi connectivity index (χ0n) is 17.1. The van der Waals surface area contributed by atoms with E-state index in [2.05, 4.69) is 10.9 Å². The number of ether oxygens (including phenoxy) is 1. The molecule has 2 aromatic rings. The van der Waals surface area contributed by atoms with E-state index in [1.165, 1.54) is 0 Å². The Balaban J connectivity index is 1.61. The molecule has 0 aromatic heterocycles. The van der Waals surface area contributed by atoms with Crippen LogP contribution < -0.4 is 15.6 Å². The van der Waals surface area contributed by atoms with Gasteiger partial charge in [-0.3, -0.25) is 25.2 Å². The van der Waals surface area contributed by atoms with Gasteiger partial charge in [-0.2, -0.15) is 0 Å². The number of aryl methyl sites for hydroxylation is 1. The van der Waals surface area contributed by atoms with Crippen molar-refractivity contribution in [2.75, 3.05) is 13.2 Å². The molecular weight excluding hydrogens is 382 g/mol. The molecule has 7 nitrogen and oxygen atoms in total. The van der Waals surface area contributed by atoms with Gasteiger partial charge in [0.15, 0.2) is 6.61 Å². The Bertz CT molecular complexity index is 885. The van der Waals surface area contributed by atoms with E-state index in [9.17, 15) is 14.4 Å². The summed E-state index contributed by atoms with van der Waals surface area (Å²) < 4.78 is 5.57. The van der Waals surface area contributed by atoms with Crippen LogP contribution in [0.5, 0.6) is 5.75 Å². The quantitative estimate of drug-likeness (QED) is 0.688. The second-order valence-electron chi connectivity index (χ2n) is 7.14. The molecule has 2 aromatic carbocycles. The molecule has 1 fully saturated rings. The van der Waals surface area contributed by atoms with Crippen LogP contribution >= 0.6 is 0 Å². The molecule has 0 bridgehead atoms. The smallest absolute Gasteiger partial charge is 0.276 e. The predicted octanol–water partition coefficient (Wildman–Crippen LogP) is 2.53. The standard InChI is InChI=1S/C23H27N3O4/c1-2-17-10-6-7-13-19(17)30-16-20(27)24-25-23(29)22(18-11-4-3-5-12-18)26-15-9-8-14-21(26)28/h3-7,10-13,22H,2,8-9,14-16H2,1H3,(H,24,27)(H,25,29). The summed E-state index contributed by atoms with van der Waals surface area (Å²) in [5.41, 5.74) is 6.55. The molecule has 2 N–H and O–H groups in total. The summed E-state index contributed by atoms with van der Waals surface area (Å²) in [6, 6.07) is 15.8. The number of carbonyl (C=O) groups excluding carboxylic acids is 3. The van der Waals surface area contributed by atoms with Crippen molar-refractivity contribution in [1.82, 2.24) is 15.8 Å². The highest BCUT2D eigenvalue weighted by Crippen LogP contribution is 2.25. The highest BCUT2D eigenvalue weighted by molar-refractivity contribution is 5.90. The van der Waals surface area contributed by atoms with Crippen LogP contribution in [0.15, 0.2) is 54.6 Å². The van der Waals surface area contributed by atoms with Crippen LogP contribution in [0, 0.1) is 0 Å². The number of hydrazine groups is 1. The first-order valence-electron chi connectivity index (χ1n) is 10.2. The van der Waals surface area contributed by atoms with Crippen molar-refractivity contribution in [3.8, 4) is 5.75 Å². The summed E-state index contributed by atoms with van der Waals surface area (Å²) in [7, 11) is 0. The third-order valence-electron chi connectivity index (χ3n) is 5.07. The lowest BCUT2D eigenvalue weighted by Gasteiger charge is -2.34. The lowest BCUT2D eigenvalue weighted by atomic mass is 10.0. The van der Waals surface area contributed by atoms with Crippen LogP contribution in [0.4, 0.5) is 0 Å². The van der Waals surface area contributed by atoms with E-state index in [1.807, 2.05) is 43.3 Å². The van der Waals surface area contributed by atoms with Gasteiger partial charge in [0.25, 0.3) is 11.8 Å². The van der Waals surface area contributed by atoms with Crippen molar-refractivity contribution in [1.29, 1.82) is 0 Å². The maximum absolute atomic E-state index is 12.9. The Labute approximate surface area is 176 Å². The van der Waals surface area contributed by atoms with E-state index in [4.69, 9.17) is 4.74 Å². The van der Waals surface area contributed by atoms with Gasteiger partial charge in [-0.15, -0.1) is 0 Å². The zero-order valence-corrected chi connectivity index (χ0v) is 17.1. The molecule has 0 spiro atoms. The summed E-state index contributed by atoms with van der Waals surface area (Å²) in [6.45, 7) is 2.29. The molecule has 0 aliphatic carbocycles. The number of nitrogens with one attached hydrogen (secondary N) is 2. The fourth-order valence-corrected chi connectivity index (χ4v) is 3.52. The summed E-state index contributed by atoms with van der Waals surface area (Å²) in [4.78, 5) is 39.1. The highest BCUT2D eigenvalue weighted by atomic mass is 16.5. The van der Waals surface area contributed by atoms with Gasteiger partial charge in [-0.25, -0.2) is 0 Å². The number of nitrogens with zero attached hydrogens (tertiary/aromatic N) is 1. The molecule has 1 heterocycles. The van der Waals surface area contributed by atoms with Crippen LogP contribution in [0.1, 0.15) is 43.4 Å². The van der Waals surface area contributed by atoms with E-state index in [0.717, 1.165) is 24.8 Å². The minimum Gasteiger partial charge on any atom is -0.483 e. The first-order valence-corrected chi connectivity index (χ1v) is 10.2. The van der Waals surface area contributed by atoms with Crippen LogP contribution in [-0.2, 0) is 20.8 Å². The topological polar surface area (TPSA) is 87.7 Å². The van der Waals surface area contributed by atoms with Crippen molar-refractivity contribution in [2.45, 2.75) is 38.6 Å².